The Balaban J connectivity index is 0.000000301. The number of hydrogen-bond acceptors (Lipinski definition) is 7. The van der Waals surface area contributed by atoms with Gasteiger partial charge in [-0.15, -0.1) is 0 Å². The lowest BCUT2D eigenvalue weighted by Gasteiger charge is -2.39. The third-order valence-electron chi connectivity index (χ3n) is 6.67. The second-order valence-corrected chi connectivity index (χ2v) is 9.44. The van der Waals surface area contributed by atoms with Gasteiger partial charge in [-0.2, -0.15) is 26.3 Å². The van der Waals surface area contributed by atoms with E-state index in [-0.39, 0.29) is 0 Å². The first-order valence-corrected chi connectivity index (χ1v) is 11.9. The molecule has 1 aromatic rings. The zero-order chi connectivity index (χ0) is 28.8. The van der Waals surface area contributed by atoms with Crippen molar-refractivity contribution >= 4 is 11.9 Å². The molecule has 0 aromatic carbocycles. The number of carboxylic acids is 2. The summed E-state index contributed by atoms with van der Waals surface area (Å²) in [7, 11) is 2.22. The smallest absolute Gasteiger partial charge is 0.475 e. The van der Waals surface area contributed by atoms with E-state index in [9.17, 15) is 26.3 Å². The molecule has 3 fully saturated rings. The Bertz CT molecular complexity index is 886. The molecule has 0 radical (unpaired) electrons. The summed E-state index contributed by atoms with van der Waals surface area (Å²) in [5.74, 6) is -3.36. The molecule has 0 spiro atoms. The number of fused-ring (bicyclic) bond motifs is 1. The lowest BCUT2D eigenvalue weighted by atomic mass is 9.99. The number of halogens is 6. The lowest BCUT2D eigenvalue weighted by molar-refractivity contribution is -0.193. The molecule has 3 atom stereocenters. The SMILES string of the molecule is Cc1cc(CN2C[C@@H](N3CCN(C)CC3)[C@H]3OCCC[C@H]32)oc1C.O=C(O)C(F)(F)F.O=C(O)C(F)(F)F. The van der Waals surface area contributed by atoms with Gasteiger partial charge in [0.1, 0.15) is 11.5 Å². The molecule has 1 aromatic heterocycles. The van der Waals surface area contributed by atoms with E-state index < -0.39 is 24.3 Å². The van der Waals surface area contributed by atoms with Crippen LogP contribution in [0.4, 0.5) is 26.3 Å². The van der Waals surface area contributed by atoms with Crippen molar-refractivity contribution in [3.63, 3.8) is 0 Å². The fourth-order valence-electron chi connectivity index (χ4n) is 4.61. The topological polar surface area (TPSA) is 107 Å². The molecule has 38 heavy (non-hydrogen) atoms. The van der Waals surface area contributed by atoms with Gasteiger partial charge < -0.3 is 24.3 Å². The quantitative estimate of drug-likeness (QED) is 0.539. The number of piperazine rings is 1. The fraction of sp³-hybridized carbons (Fsp3) is 0.739. The molecule has 2 N–H and O–H groups in total. The van der Waals surface area contributed by atoms with Gasteiger partial charge >= 0.3 is 24.3 Å². The van der Waals surface area contributed by atoms with Gasteiger partial charge in [0.25, 0.3) is 0 Å². The van der Waals surface area contributed by atoms with Gasteiger partial charge in [-0.1, -0.05) is 0 Å². The summed E-state index contributed by atoms with van der Waals surface area (Å²) in [4.78, 5) is 25.5. The first kappa shape index (κ1) is 31.9. The maximum Gasteiger partial charge on any atom is 0.490 e. The Hall–Kier alpha value is -2.36. The Kier molecular flexibility index (Phi) is 11.0. The van der Waals surface area contributed by atoms with E-state index in [1.807, 2.05) is 0 Å². The summed E-state index contributed by atoms with van der Waals surface area (Å²) >= 11 is 0. The third kappa shape index (κ3) is 9.13. The molecule has 15 heteroatoms. The number of aliphatic carboxylic acids is 2. The molecular weight excluding hydrogens is 528 g/mol. The molecule has 3 saturated heterocycles. The number of ether oxygens (including phenoxy) is 1. The number of likely N-dealkylation sites (N-methyl/N-ethyl adjacent to an activating group) is 1. The molecule has 4 rings (SSSR count). The van der Waals surface area contributed by atoms with E-state index in [0.29, 0.717) is 18.2 Å². The summed E-state index contributed by atoms with van der Waals surface area (Å²) in [5.41, 5.74) is 1.26. The van der Waals surface area contributed by atoms with Crippen LogP contribution in [0.5, 0.6) is 0 Å². The number of likely N-dealkylation sites (tertiary alicyclic amines) is 1. The van der Waals surface area contributed by atoms with Gasteiger partial charge in [0, 0.05) is 45.4 Å². The maximum absolute atomic E-state index is 10.6. The highest BCUT2D eigenvalue weighted by Crippen LogP contribution is 2.33. The molecule has 218 valence electrons. The highest BCUT2D eigenvalue weighted by molar-refractivity contribution is 5.73. The van der Waals surface area contributed by atoms with Gasteiger partial charge in [0.2, 0.25) is 0 Å². The lowest BCUT2D eigenvalue weighted by Crippen LogP contribution is -2.54. The van der Waals surface area contributed by atoms with Crippen molar-refractivity contribution < 1.29 is 55.3 Å². The summed E-state index contributed by atoms with van der Waals surface area (Å²) in [6.45, 7) is 11.8. The zero-order valence-corrected chi connectivity index (χ0v) is 21.3. The van der Waals surface area contributed by atoms with Gasteiger partial charge in [-0.3, -0.25) is 9.80 Å². The fourth-order valence-corrected chi connectivity index (χ4v) is 4.61. The van der Waals surface area contributed by atoms with Gasteiger partial charge in [0.15, 0.2) is 0 Å². The minimum atomic E-state index is -5.08. The van der Waals surface area contributed by atoms with Gasteiger partial charge in [0.05, 0.1) is 18.7 Å². The average molecular weight is 562 g/mol. The predicted octanol–water partition coefficient (Wildman–Crippen LogP) is 3.14. The number of nitrogens with zero attached hydrogens (tertiary/aromatic N) is 3. The van der Waals surface area contributed by atoms with E-state index >= 15 is 0 Å². The van der Waals surface area contributed by atoms with E-state index in [4.69, 9.17) is 29.0 Å². The van der Waals surface area contributed by atoms with Crippen LogP contribution >= 0.6 is 0 Å². The standard InChI is InChI=1S/C19H31N3O2.2C2HF3O2/c1-14-11-16(24-15(14)2)12-22-13-18(19-17(22)5-4-10-23-19)21-8-6-20(3)7-9-21;2*3-2(4,5)1(6)7/h11,17-19H,4-10,12-13H2,1-3H3;2*(H,6,7)/t17-,18-,19+;;/m1../s1. The summed E-state index contributed by atoms with van der Waals surface area (Å²) in [5, 5.41) is 14.2. The highest BCUT2D eigenvalue weighted by Gasteiger charge is 2.46. The van der Waals surface area contributed by atoms with Gasteiger partial charge in [-0.25, -0.2) is 9.59 Å². The molecule has 3 aliphatic heterocycles. The number of carbonyl (C=O) groups is 2. The van der Waals surface area contributed by atoms with Crippen molar-refractivity contribution in [2.75, 3.05) is 46.4 Å². The first-order valence-electron chi connectivity index (χ1n) is 11.9. The number of alkyl halides is 6. The van der Waals surface area contributed by atoms with Crippen molar-refractivity contribution in [3.8, 4) is 0 Å². The average Bonchev–Trinajstić information content (AvgIpc) is 3.33. The van der Waals surface area contributed by atoms with Crippen molar-refractivity contribution in [1.82, 2.24) is 14.7 Å². The maximum atomic E-state index is 10.6. The molecular formula is C23H33F6N3O6. The van der Waals surface area contributed by atoms with Crippen LogP contribution in [0.25, 0.3) is 0 Å². The van der Waals surface area contributed by atoms with E-state index in [1.165, 1.54) is 44.6 Å². The largest absolute Gasteiger partial charge is 0.490 e. The molecule has 0 aliphatic carbocycles. The van der Waals surface area contributed by atoms with Crippen LogP contribution in [-0.2, 0) is 20.9 Å². The van der Waals surface area contributed by atoms with E-state index in [1.54, 1.807) is 0 Å². The second kappa shape index (κ2) is 13.1. The van der Waals surface area contributed by atoms with Crippen molar-refractivity contribution in [2.24, 2.45) is 0 Å². The third-order valence-corrected chi connectivity index (χ3v) is 6.67. The molecule has 0 saturated carbocycles. The Morgan fingerprint density at radius 2 is 1.50 bits per heavy atom. The monoisotopic (exact) mass is 561 g/mol. The minimum absolute atomic E-state index is 0.374. The summed E-state index contributed by atoms with van der Waals surface area (Å²) in [6.07, 6.45) is -7.35. The molecule has 0 amide bonds. The van der Waals surface area contributed by atoms with Crippen LogP contribution in [0.1, 0.15) is 29.9 Å². The van der Waals surface area contributed by atoms with E-state index in [0.717, 1.165) is 31.2 Å². The summed E-state index contributed by atoms with van der Waals surface area (Å²) in [6, 6.07) is 3.30. The van der Waals surface area contributed by atoms with Crippen LogP contribution in [0, 0.1) is 13.8 Å². The molecule has 0 unspecified atom stereocenters. The molecule has 3 aliphatic rings. The Morgan fingerprint density at radius 3 is 1.95 bits per heavy atom. The van der Waals surface area contributed by atoms with Crippen LogP contribution in [0.2, 0.25) is 0 Å². The van der Waals surface area contributed by atoms with Crippen LogP contribution in [0.15, 0.2) is 10.5 Å². The number of rotatable bonds is 3. The summed E-state index contributed by atoms with van der Waals surface area (Å²) < 4.78 is 75.7. The zero-order valence-electron chi connectivity index (χ0n) is 21.3. The number of aryl methyl sites for hydroxylation is 2. The minimum Gasteiger partial charge on any atom is -0.475 e. The first-order chi connectivity index (χ1) is 17.5. The van der Waals surface area contributed by atoms with Crippen molar-refractivity contribution in [2.45, 2.75) is 63.8 Å². The van der Waals surface area contributed by atoms with Gasteiger partial charge in [-0.05, 0) is 45.4 Å². The van der Waals surface area contributed by atoms with Crippen LogP contribution in [0.3, 0.4) is 0 Å². The van der Waals surface area contributed by atoms with Crippen LogP contribution in [-0.4, -0.2) is 114 Å². The molecule has 0 bridgehead atoms. The molecule has 9 nitrogen and oxygen atoms in total. The number of hydrogen-bond donors (Lipinski definition) is 2. The van der Waals surface area contributed by atoms with Crippen molar-refractivity contribution in [1.29, 1.82) is 0 Å². The Labute approximate surface area is 215 Å². The number of carboxylic acid groups (broad SMARTS) is 2. The normalized spacial score (nSPS) is 25.0. The van der Waals surface area contributed by atoms with Crippen LogP contribution < -0.4 is 0 Å². The Morgan fingerprint density at radius 1 is 0.974 bits per heavy atom. The second-order valence-electron chi connectivity index (χ2n) is 9.44. The van der Waals surface area contributed by atoms with E-state index in [2.05, 4.69) is 41.7 Å². The van der Waals surface area contributed by atoms with Crippen molar-refractivity contribution in [3.05, 3.63) is 23.2 Å². The predicted molar refractivity (Wildman–Crippen MR) is 122 cm³/mol. The molecule has 4 heterocycles. The number of furan rings is 1. The highest BCUT2D eigenvalue weighted by atomic mass is 19.4.